The minimum absolute atomic E-state index is 0.00489. The minimum atomic E-state index is -0.860. The van der Waals surface area contributed by atoms with Gasteiger partial charge in [0.1, 0.15) is 23.0 Å². The smallest absolute Gasteiger partial charge is 0.295 e. The van der Waals surface area contributed by atoms with E-state index in [0.717, 1.165) is 12.8 Å². The maximum absolute atomic E-state index is 13.2. The van der Waals surface area contributed by atoms with Crippen molar-refractivity contribution in [1.82, 2.24) is 4.90 Å². The lowest BCUT2D eigenvalue weighted by molar-refractivity contribution is -0.140. The first kappa shape index (κ1) is 22.7. The third-order valence-electron chi connectivity index (χ3n) is 6.06. The van der Waals surface area contributed by atoms with Crippen LogP contribution in [0, 0.1) is 0 Å². The van der Waals surface area contributed by atoms with Crippen LogP contribution in [-0.2, 0) is 14.3 Å². The Morgan fingerprint density at radius 2 is 1.73 bits per heavy atom. The van der Waals surface area contributed by atoms with E-state index in [4.69, 9.17) is 18.9 Å². The summed E-state index contributed by atoms with van der Waals surface area (Å²) in [4.78, 5) is 27.8. The van der Waals surface area contributed by atoms with Crippen LogP contribution >= 0.6 is 0 Å². The van der Waals surface area contributed by atoms with Crippen molar-refractivity contribution in [3.63, 3.8) is 0 Å². The van der Waals surface area contributed by atoms with E-state index in [-0.39, 0.29) is 24.0 Å². The van der Waals surface area contributed by atoms with E-state index in [1.807, 2.05) is 0 Å². The van der Waals surface area contributed by atoms with Crippen molar-refractivity contribution in [2.75, 3.05) is 34.5 Å². The fourth-order valence-electron chi connectivity index (χ4n) is 4.36. The maximum Gasteiger partial charge on any atom is 0.295 e. The summed E-state index contributed by atoms with van der Waals surface area (Å²) in [7, 11) is 4.59. The van der Waals surface area contributed by atoms with Crippen molar-refractivity contribution < 1.29 is 33.6 Å². The Labute approximate surface area is 192 Å². The molecule has 2 heterocycles. The Morgan fingerprint density at radius 3 is 2.33 bits per heavy atom. The van der Waals surface area contributed by atoms with Crippen molar-refractivity contribution in [3.05, 3.63) is 59.2 Å². The Balaban J connectivity index is 1.88. The Bertz CT molecular complexity index is 1070. The molecule has 1 N–H and O–H groups in total. The number of aliphatic hydroxyl groups excluding tert-OH is 1. The highest BCUT2D eigenvalue weighted by Crippen LogP contribution is 2.44. The second-order valence-corrected chi connectivity index (χ2v) is 7.92. The molecule has 2 saturated heterocycles. The number of nitrogens with zero attached hydrogens (tertiary/aromatic N) is 1. The van der Waals surface area contributed by atoms with Crippen LogP contribution in [0.4, 0.5) is 0 Å². The lowest BCUT2D eigenvalue weighted by Gasteiger charge is -2.28. The lowest BCUT2D eigenvalue weighted by Crippen LogP contribution is -2.36. The molecule has 2 fully saturated rings. The molecule has 2 aliphatic heterocycles. The van der Waals surface area contributed by atoms with Crippen LogP contribution in [0.3, 0.4) is 0 Å². The molecule has 1 amide bonds. The van der Waals surface area contributed by atoms with Gasteiger partial charge in [0.15, 0.2) is 0 Å². The van der Waals surface area contributed by atoms with E-state index in [0.29, 0.717) is 35.0 Å². The van der Waals surface area contributed by atoms with Gasteiger partial charge in [0.2, 0.25) is 0 Å². The molecule has 2 aromatic carbocycles. The first-order chi connectivity index (χ1) is 16.0. The van der Waals surface area contributed by atoms with Crippen LogP contribution < -0.4 is 14.2 Å². The summed E-state index contributed by atoms with van der Waals surface area (Å²) < 4.78 is 21.8. The molecule has 0 spiro atoms. The van der Waals surface area contributed by atoms with Crippen molar-refractivity contribution in [3.8, 4) is 17.2 Å². The van der Waals surface area contributed by atoms with E-state index in [2.05, 4.69) is 0 Å². The summed E-state index contributed by atoms with van der Waals surface area (Å²) >= 11 is 0. The number of rotatable bonds is 7. The normalized spacial score (nSPS) is 22.0. The molecular formula is C25H27NO7. The first-order valence-electron chi connectivity index (χ1n) is 10.7. The number of Topliss-reactive ketones (excluding diaryl/α,β-unsaturated/α-hetero) is 1. The summed E-state index contributed by atoms with van der Waals surface area (Å²) in [5, 5.41) is 11.2. The van der Waals surface area contributed by atoms with E-state index in [9.17, 15) is 14.7 Å². The molecule has 33 heavy (non-hydrogen) atoms. The van der Waals surface area contributed by atoms with Crippen LogP contribution in [0.2, 0.25) is 0 Å². The SMILES string of the molecule is COc1ccc(/C(O)=C2\C(=O)C(=O)N(C[C@H]3CCCO3)[C@@H]2c2cc(OC)ccc2OC)cc1. The molecule has 0 radical (unpaired) electrons. The number of carbonyl (C=O) groups is 2. The summed E-state index contributed by atoms with van der Waals surface area (Å²) in [6.07, 6.45) is 1.51. The van der Waals surface area contributed by atoms with Crippen LogP contribution in [0.5, 0.6) is 17.2 Å². The number of ketones is 1. The van der Waals surface area contributed by atoms with Gasteiger partial charge in [-0.15, -0.1) is 0 Å². The lowest BCUT2D eigenvalue weighted by atomic mass is 9.94. The fraction of sp³-hybridized carbons (Fsp3) is 0.360. The Hall–Kier alpha value is -3.52. The summed E-state index contributed by atoms with van der Waals surface area (Å²) in [6.45, 7) is 0.850. The Kier molecular flexibility index (Phi) is 6.55. The molecule has 0 unspecified atom stereocenters. The molecule has 4 rings (SSSR count). The number of benzene rings is 2. The largest absolute Gasteiger partial charge is 0.507 e. The van der Waals surface area contributed by atoms with Crippen molar-refractivity contribution in [2.45, 2.75) is 25.0 Å². The van der Waals surface area contributed by atoms with E-state index in [1.165, 1.54) is 19.1 Å². The zero-order valence-electron chi connectivity index (χ0n) is 18.9. The average Bonchev–Trinajstić information content (AvgIpc) is 3.45. The number of amides is 1. The third-order valence-corrected chi connectivity index (χ3v) is 6.06. The molecule has 8 nitrogen and oxygen atoms in total. The van der Waals surface area contributed by atoms with Gasteiger partial charge in [-0.25, -0.2) is 0 Å². The molecule has 0 saturated carbocycles. The average molecular weight is 453 g/mol. The van der Waals surface area contributed by atoms with Crippen LogP contribution in [0.25, 0.3) is 5.76 Å². The van der Waals surface area contributed by atoms with Gasteiger partial charge >= 0.3 is 0 Å². The van der Waals surface area contributed by atoms with Gasteiger partial charge in [-0.2, -0.15) is 0 Å². The number of likely N-dealkylation sites (tertiary alicyclic amines) is 1. The van der Waals surface area contributed by atoms with Gasteiger partial charge in [-0.05, 0) is 55.3 Å². The predicted octanol–water partition coefficient (Wildman–Crippen LogP) is 3.31. The van der Waals surface area contributed by atoms with Crippen molar-refractivity contribution in [2.24, 2.45) is 0 Å². The molecule has 8 heteroatoms. The number of aliphatic hydroxyl groups is 1. The molecule has 2 aromatic rings. The highest BCUT2D eigenvalue weighted by atomic mass is 16.5. The molecular weight excluding hydrogens is 426 g/mol. The summed E-state index contributed by atoms with van der Waals surface area (Å²) in [5.74, 6) is -0.0811. The molecule has 0 bridgehead atoms. The maximum atomic E-state index is 13.2. The second kappa shape index (κ2) is 9.54. The number of ether oxygens (including phenoxy) is 4. The first-order valence-corrected chi connectivity index (χ1v) is 10.7. The number of hydrogen-bond acceptors (Lipinski definition) is 7. The van der Waals surface area contributed by atoms with Gasteiger partial charge in [0.25, 0.3) is 11.7 Å². The van der Waals surface area contributed by atoms with E-state index < -0.39 is 17.7 Å². The van der Waals surface area contributed by atoms with Crippen LogP contribution in [0.15, 0.2) is 48.0 Å². The van der Waals surface area contributed by atoms with Gasteiger partial charge in [0, 0.05) is 24.3 Å². The van der Waals surface area contributed by atoms with Crippen molar-refractivity contribution in [1.29, 1.82) is 0 Å². The van der Waals surface area contributed by atoms with Gasteiger partial charge in [-0.1, -0.05) is 0 Å². The molecule has 2 atom stereocenters. The molecule has 0 aromatic heterocycles. The zero-order chi connectivity index (χ0) is 23.5. The van der Waals surface area contributed by atoms with Crippen LogP contribution in [-0.4, -0.2) is 62.3 Å². The van der Waals surface area contributed by atoms with Crippen molar-refractivity contribution >= 4 is 17.4 Å². The number of methoxy groups -OCH3 is 3. The fourth-order valence-corrected chi connectivity index (χ4v) is 4.36. The topological polar surface area (TPSA) is 94.5 Å². The predicted molar refractivity (Wildman–Crippen MR) is 121 cm³/mol. The molecule has 2 aliphatic rings. The quantitative estimate of drug-likeness (QED) is 0.390. The molecule has 0 aliphatic carbocycles. The highest BCUT2D eigenvalue weighted by molar-refractivity contribution is 6.46. The van der Waals surface area contributed by atoms with Gasteiger partial charge in [0.05, 0.1) is 39.0 Å². The number of carbonyl (C=O) groups excluding carboxylic acids is 2. The van der Waals surface area contributed by atoms with E-state index in [1.54, 1.807) is 49.6 Å². The Morgan fingerprint density at radius 1 is 1.03 bits per heavy atom. The van der Waals surface area contributed by atoms with E-state index >= 15 is 0 Å². The summed E-state index contributed by atoms with van der Waals surface area (Å²) in [5.41, 5.74) is 0.941. The monoisotopic (exact) mass is 453 g/mol. The van der Waals surface area contributed by atoms with Gasteiger partial charge < -0.3 is 29.0 Å². The standard InChI is InChI=1S/C25H27NO7/c1-30-16-8-6-15(7-9-16)23(27)21-22(19-13-17(31-2)10-11-20(19)32-3)26(25(29)24(21)28)14-18-5-4-12-33-18/h6-11,13,18,22,27H,4-5,12,14H2,1-3H3/b23-21+/t18-,22-/m1/s1. The second-order valence-electron chi connectivity index (χ2n) is 7.92. The van der Waals surface area contributed by atoms with Crippen LogP contribution in [0.1, 0.15) is 30.0 Å². The highest BCUT2D eigenvalue weighted by Gasteiger charge is 2.48. The number of hydrogen-bond donors (Lipinski definition) is 1. The molecule has 174 valence electrons. The van der Waals surface area contributed by atoms with Gasteiger partial charge in [-0.3, -0.25) is 9.59 Å². The summed E-state index contributed by atoms with van der Waals surface area (Å²) in [6, 6.07) is 11.0. The minimum Gasteiger partial charge on any atom is -0.507 e. The zero-order valence-corrected chi connectivity index (χ0v) is 18.9. The third kappa shape index (κ3) is 4.26.